The molecule has 24 heavy (non-hydrogen) atoms. The van der Waals surface area contributed by atoms with Gasteiger partial charge in [-0.05, 0) is 24.6 Å². The highest BCUT2D eigenvalue weighted by Gasteiger charge is 2.16. The second kappa shape index (κ2) is 9.51. The predicted octanol–water partition coefficient (Wildman–Crippen LogP) is 2.05. The molecule has 0 saturated carbocycles. The highest BCUT2D eigenvalue weighted by molar-refractivity contribution is 7.99. The van der Waals surface area contributed by atoms with Crippen LogP contribution in [-0.4, -0.2) is 55.0 Å². The number of methoxy groups -OCH3 is 3. The van der Waals surface area contributed by atoms with Gasteiger partial charge in [-0.1, -0.05) is 11.8 Å². The minimum atomic E-state index is 0.599. The Morgan fingerprint density at radius 1 is 1.12 bits per heavy atom. The number of nitrogens with two attached hydrogens (primary N) is 1. The molecule has 0 aliphatic heterocycles. The molecule has 0 aliphatic rings. The Morgan fingerprint density at radius 3 is 2.58 bits per heavy atom. The van der Waals surface area contributed by atoms with E-state index >= 15 is 0 Å². The van der Waals surface area contributed by atoms with Crippen LogP contribution in [0, 0.1) is 0 Å². The highest BCUT2D eigenvalue weighted by Crippen LogP contribution is 2.32. The lowest BCUT2D eigenvalue weighted by Crippen LogP contribution is -2.07. The van der Waals surface area contributed by atoms with E-state index in [4.69, 9.17) is 19.9 Å². The number of aromatic nitrogens is 3. The summed E-state index contributed by atoms with van der Waals surface area (Å²) in [7, 11) is 4.94. The molecular weight excluding hydrogens is 328 g/mol. The molecule has 0 saturated heterocycles. The molecule has 2 N–H and O–H groups in total. The maximum absolute atomic E-state index is 5.61. The standard InChI is InChI=1S/C16H24N4O3S/c1-21-9-4-8-20-15(18-19-16(20)24-10-7-17)12-5-6-13(22-2)14(11-12)23-3/h5-6,11H,4,7-10,17H2,1-3H3. The number of rotatable bonds is 10. The van der Waals surface area contributed by atoms with Crippen LogP contribution in [0.1, 0.15) is 6.42 Å². The number of ether oxygens (including phenoxy) is 3. The topological polar surface area (TPSA) is 84.4 Å². The van der Waals surface area contributed by atoms with Crippen LogP contribution in [0.5, 0.6) is 11.5 Å². The SMILES string of the molecule is COCCCn1c(SCCN)nnc1-c1ccc(OC)c(OC)c1. The zero-order valence-corrected chi connectivity index (χ0v) is 15.1. The van der Waals surface area contributed by atoms with E-state index in [-0.39, 0.29) is 0 Å². The van der Waals surface area contributed by atoms with Gasteiger partial charge in [-0.25, -0.2) is 0 Å². The van der Waals surface area contributed by atoms with Crippen molar-refractivity contribution >= 4 is 11.8 Å². The van der Waals surface area contributed by atoms with Crippen molar-refractivity contribution in [2.75, 3.05) is 40.2 Å². The Labute approximate surface area is 146 Å². The molecule has 0 atom stereocenters. The van der Waals surface area contributed by atoms with Crippen LogP contribution >= 0.6 is 11.8 Å². The van der Waals surface area contributed by atoms with Crippen molar-refractivity contribution in [3.05, 3.63) is 18.2 Å². The number of hydrogen-bond donors (Lipinski definition) is 1. The molecule has 132 valence electrons. The fourth-order valence-electron chi connectivity index (χ4n) is 2.30. The van der Waals surface area contributed by atoms with E-state index in [0.717, 1.165) is 35.3 Å². The number of thioether (sulfide) groups is 1. The average Bonchev–Trinajstić information content (AvgIpc) is 3.02. The van der Waals surface area contributed by atoms with Gasteiger partial charge in [0.05, 0.1) is 14.2 Å². The van der Waals surface area contributed by atoms with Gasteiger partial charge in [-0.15, -0.1) is 10.2 Å². The Bertz CT molecular complexity index is 648. The quantitative estimate of drug-likeness (QED) is 0.517. The Hall–Kier alpha value is -1.77. The maximum atomic E-state index is 5.61. The zero-order chi connectivity index (χ0) is 17.4. The second-order valence-corrected chi connectivity index (χ2v) is 6.07. The number of nitrogens with zero attached hydrogens (tertiary/aromatic N) is 3. The highest BCUT2D eigenvalue weighted by atomic mass is 32.2. The van der Waals surface area contributed by atoms with Gasteiger partial charge < -0.3 is 24.5 Å². The lowest BCUT2D eigenvalue weighted by Gasteiger charge is -2.12. The first kappa shape index (κ1) is 18.6. The summed E-state index contributed by atoms with van der Waals surface area (Å²) in [6, 6.07) is 5.73. The minimum Gasteiger partial charge on any atom is -0.493 e. The summed E-state index contributed by atoms with van der Waals surface area (Å²) in [6.45, 7) is 2.06. The molecule has 0 aliphatic carbocycles. The van der Waals surface area contributed by atoms with Gasteiger partial charge >= 0.3 is 0 Å². The lowest BCUT2D eigenvalue weighted by molar-refractivity contribution is 0.189. The number of hydrogen-bond acceptors (Lipinski definition) is 7. The van der Waals surface area contributed by atoms with Crippen molar-refractivity contribution in [2.45, 2.75) is 18.1 Å². The van der Waals surface area contributed by atoms with E-state index < -0.39 is 0 Å². The average molecular weight is 352 g/mol. The third kappa shape index (κ3) is 4.40. The first-order chi connectivity index (χ1) is 11.7. The first-order valence-electron chi connectivity index (χ1n) is 7.72. The van der Waals surface area contributed by atoms with Gasteiger partial charge in [0.15, 0.2) is 22.5 Å². The summed E-state index contributed by atoms with van der Waals surface area (Å²) in [6.07, 6.45) is 0.880. The summed E-state index contributed by atoms with van der Waals surface area (Å²) < 4.78 is 17.9. The lowest BCUT2D eigenvalue weighted by atomic mass is 10.2. The van der Waals surface area contributed by atoms with Crippen molar-refractivity contribution in [1.29, 1.82) is 0 Å². The van der Waals surface area contributed by atoms with Crippen LogP contribution in [0.3, 0.4) is 0 Å². The molecule has 0 bridgehead atoms. The van der Waals surface area contributed by atoms with E-state index in [1.807, 2.05) is 18.2 Å². The molecule has 0 radical (unpaired) electrons. The van der Waals surface area contributed by atoms with Crippen molar-refractivity contribution in [1.82, 2.24) is 14.8 Å². The molecule has 0 unspecified atom stereocenters. The van der Waals surface area contributed by atoms with Crippen LogP contribution in [0.25, 0.3) is 11.4 Å². The van der Waals surface area contributed by atoms with E-state index in [1.165, 1.54) is 0 Å². The van der Waals surface area contributed by atoms with Gasteiger partial charge in [0.25, 0.3) is 0 Å². The van der Waals surface area contributed by atoms with Crippen molar-refractivity contribution in [3.8, 4) is 22.9 Å². The third-order valence-corrected chi connectivity index (χ3v) is 4.44. The Kier molecular flexibility index (Phi) is 7.36. The molecule has 2 aromatic rings. The minimum absolute atomic E-state index is 0.599. The summed E-state index contributed by atoms with van der Waals surface area (Å²) in [4.78, 5) is 0. The molecule has 0 fully saturated rings. The molecule has 0 amide bonds. The normalized spacial score (nSPS) is 10.8. The van der Waals surface area contributed by atoms with E-state index in [9.17, 15) is 0 Å². The van der Waals surface area contributed by atoms with Gasteiger partial charge in [0.2, 0.25) is 0 Å². The van der Waals surface area contributed by atoms with Crippen LogP contribution in [-0.2, 0) is 11.3 Å². The van der Waals surface area contributed by atoms with E-state index in [0.29, 0.717) is 24.7 Å². The molecule has 1 aromatic heterocycles. The molecule has 8 heteroatoms. The van der Waals surface area contributed by atoms with Crippen LogP contribution in [0.2, 0.25) is 0 Å². The van der Waals surface area contributed by atoms with E-state index in [1.54, 1.807) is 33.1 Å². The summed E-state index contributed by atoms with van der Waals surface area (Å²) in [5.41, 5.74) is 6.54. The second-order valence-electron chi connectivity index (χ2n) is 5.01. The molecule has 0 spiro atoms. The van der Waals surface area contributed by atoms with E-state index in [2.05, 4.69) is 14.8 Å². The fourth-order valence-corrected chi connectivity index (χ4v) is 3.04. The Morgan fingerprint density at radius 2 is 1.92 bits per heavy atom. The molecular formula is C16H24N4O3S. The zero-order valence-electron chi connectivity index (χ0n) is 14.3. The van der Waals surface area contributed by atoms with Crippen LogP contribution in [0.15, 0.2) is 23.4 Å². The molecule has 1 heterocycles. The maximum Gasteiger partial charge on any atom is 0.191 e. The van der Waals surface area contributed by atoms with Crippen molar-refractivity contribution in [2.24, 2.45) is 5.73 Å². The fraction of sp³-hybridized carbons (Fsp3) is 0.500. The molecule has 1 aromatic carbocycles. The number of benzene rings is 1. The summed E-state index contributed by atoms with van der Waals surface area (Å²) >= 11 is 1.61. The van der Waals surface area contributed by atoms with Gasteiger partial charge in [0, 0.05) is 38.1 Å². The smallest absolute Gasteiger partial charge is 0.191 e. The first-order valence-corrected chi connectivity index (χ1v) is 8.71. The molecule has 7 nitrogen and oxygen atoms in total. The largest absolute Gasteiger partial charge is 0.493 e. The van der Waals surface area contributed by atoms with Crippen molar-refractivity contribution < 1.29 is 14.2 Å². The summed E-state index contributed by atoms with van der Waals surface area (Å²) in [5, 5.41) is 9.54. The van der Waals surface area contributed by atoms with Crippen molar-refractivity contribution in [3.63, 3.8) is 0 Å². The van der Waals surface area contributed by atoms with Crippen LogP contribution in [0.4, 0.5) is 0 Å². The third-order valence-electron chi connectivity index (χ3n) is 3.44. The monoisotopic (exact) mass is 352 g/mol. The van der Waals surface area contributed by atoms with Gasteiger partial charge in [-0.3, -0.25) is 0 Å². The predicted molar refractivity (Wildman–Crippen MR) is 94.8 cm³/mol. The van der Waals surface area contributed by atoms with Gasteiger partial charge in [0.1, 0.15) is 0 Å². The summed E-state index contributed by atoms with van der Waals surface area (Å²) in [5.74, 6) is 2.95. The Balaban J connectivity index is 2.35. The van der Waals surface area contributed by atoms with Gasteiger partial charge in [-0.2, -0.15) is 0 Å². The van der Waals surface area contributed by atoms with Crippen LogP contribution < -0.4 is 15.2 Å². The molecule has 2 rings (SSSR count).